The summed E-state index contributed by atoms with van der Waals surface area (Å²) < 4.78 is 18.9. The van der Waals surface area contributed by atoms with Gasteiger partial charge in [0, 0.05) is 32.2 Å². The van der Waals surface area contributed by atoms with Gasteiger partial charge in [0.1, 0.15) is 18.2 Å². The summed E-state index contributed by atoms with van der Waals surface area (Å²) in [6, 6.07) is 13.4. The Morgan fingerprint density at radius 2 is 1.70 bits per heavy atom. The Morgan fingerprint density at radius 1 is 1.03 bits per heavy atom. The number of hydrogen-bond acceptors (Lipinski definition) is 4. The average molecular weight is 413 g/mol. The Kier molecular flexibility index (Phi) is 7.41. The number of piperazine rings is 1. The molecule has 1 saturated heterocycles. The lowest BCUT2D eigenvalue weighted by Crippen LogP contribution is -2.51. The van der Waals surface area contributed by atoms with E-state index in [4.69, 9.17) is 4.74 Å². The molecular weight excluding hydrogens is 385 g/mol. The molecule has 0 aliphatic carbocycles. The molecule has 160 valence electrons. The van der Waals surface area contributed by atoms with Gasteiger partial charge in [-0.15, -0.1) is 0 Å². The molecule has 0 atom stereocenters. The zero-order chi connectivity index (χ0) is 21.5. The Labute approximate surface area is 176 Å². The maximum Gasteiger partial charge on any atom is 0.257 e. The SMILES string of the molecule is CC(C)NC(=O)CN1CCN(C(=O)c2ccccc2OCc2ccc(F)cc2)CC1. The van der Waals surface area contributed by atoms with Crippen LogP contribution < -0.4 is 10.1 Å². The molecule has 1 fully saturated rings. The van der Waals surface area contributed by atoms with Crippen molar-refractivity contribution in [3.8, 4) is 5.75 Å². The van der Waals surface area contributed by atoms with E-state index in [1.165, 1.54) is 12.1 Å². The molecule has 0 aromatic heterocycles. The van der Waals surface area contributed by atoms with Gasteiger partial charge in [-0.25, -0.2) is 4.39 Å². The molecule has 0 spiro atoms. The van der Waals surface area contributed by atoms with Crippen molar-refractivity contribution in [2.24, 2.45) is 0 Å². The molecular formula is C23H28FN3O3. The number of ether oxygens (including phenoxy) is 1. The third-order valence-electron chi connectivity index (χ3n) is 4.90. The number of hydrogen-bond donors (Lipinski definition) is 1. The highest BCUT2D eigenvalue weighted by Crippen LogP contribution is 2.22. The lowest BCUT2D eigenvalue weighted by atomic mass is 10.1. The van der Waals surface area contributed by atoms with Crippen LogP contribution in [0.1, 0.15) is 29.8 Å². The number of benzene rings is 2. The van der Waals surface area contributed by atoms with E-state index in [1.54, 1.807) is 29.2 Å². The van der Waals surface area contributed by atoms with Crippen LogP contribution in [-0.2, 0) is 11.4 Å². The molecule has 1 aliphatic rings. The van der Waals surface area contributed by atoms with Crippen LogP contribution in [0.2, 0.25) is 0 Å². The topological polar surface area (TPSA) is 61.9 Å². The maximum absolute atomic E-state index is 13.1. The molecule has 0 bridgehead atoms. The number of nitrogens with zero attached hydrogens (tertiary/aromatic N) is 2. The van der Waals surface area contributed by atoms with Gasteiger partial charge in [0.25, 0.3) is 5.91 Å². The number of nitrogens with one attached hydrogen (secondary N) is 1. The Bertz CT molecular complexity index is 862. The zero-order valence-electron chi connectivity index (χ0n) is 17.4. The van der Waals surface area contributed by atoms with Crippen LogP contribution in [-0.4, -0.2) is 60.4 Å². The largest absolute Gasteiger partial charge is 0.488 e. The summed E-state index contributed by atoms with van der Waals surface area (Å²) in [6.45, 7) is 6.88. The van der Waals surface area contributed by atoms with Crippen molar-refractivity contribution >= 4 is 11.8 Å². The van der Waals surface area contributed by atoms with Crippen molar-refractivity contribution in [3.63, 3.8) is 0 Å². The van der Waals surface area contributed by atoms with Crippen LogP contribution >= 0.6 is 0 Å². The van der Waals surface area contributed by atoms with Gasteiger partial charge in [0.15, 0.2) is 0 Å². The first-order valence-corrected chi connectivity index (χ1v) is 10.2. The van der Waals surface area contributed by atoms with Gasteiger partial charge >= 0.3 is 0 Å². The minimum atomic E-state index is -0.296. The van der Waals surface area contributed by atoms with Gasteiger partial charge in [-0.1, -0.05) is 24.3 Å². The number of carbonyl (C=O) groups excluding carboxylic acids is 2. The van der Waals surface area contributed by atoms with E-state index in [0.29, 0.717) is 44.0 Å². The molecule has 1 heterocycles. The highest BCUT2D eigenvalue weighted by atomic mass is 19.1. The van der Waals surface area contributed by atoms with Gasteiger partial charge in [0.05, 0.1) is 12.1 Å². The van der Waals surface area contributed by atoms with Crippen molar-refractivity contribution in [2.45, 2.75) is 26.5 Å². The molecule has 7 heteroatoms. The second kappa shape index (κ2) is 10.2. The monoisotopic (exact) mass is 413 g/mol. The predicted octanol–water partition coefficient (Wildman–Crippen LogP) is 2.69. The van der Waals surface area contributed by atoms with Crippen molar-refractivity contribution < 1.29 is 18.7 Å². The lowest BCUT2D eigenvalue weighted by molar-refractivity contribution is -0.123. The van der Waals surface area contributed by atoms with Crippen molar-refractivity contribution in [1.82, 2.24) is 15.1 Å². The standard InChI is InChI=1S/C23H28FN3O3/c1-17(2)25-22(28)15-26-11-13-27(14-12-26)23(29)20-5-3-4-6-21(20)30-16-18-7-9-19(24)10-8-18/h3-10,17H,11-16H2,1-2H3,(H,25,28). The van der Waals surface area contributed by atoms with Crippen LogP contribution in [0.4, 0.5) is 4.39 Å². The number of amides is 2. The van der Waals surface area contributed by atoms with Gasteiger partial charge in [-0.3, -0.25) is 14.5 Å². The molecule has 2 aromatic rings. The molecule has 2 amide bonds. The molecule has 3 rings (SSSR count). The number of para-hydroxylation sites is 1. The molecule has 30 heavy (non-hydrogen) atoms. The molecule has 0 unspecified atom stereocenters. The van der Waals surface area contributed by atoms with Crippen LogP contribution in [0.15, 0.2) is 48.5 Å². The fraction of sp³-hybridized carbons (Fsp3) is 0.391. The smallest absolute Gasteiger partial charge is 0.257 e. The summed E-state index contributed by atoms with van der Waals surface area (Å²) in [4.78, 5) is 28.8. The molecule has 0 saturated carbocycles. The highest BCUT2D eigenvalue weighted by Gasteiger charge is 2.25. The summed E-state index contributed by atoms with van der Waals surface area (Å²) in [5.41, 5.74) is 1.33. The number of rotatable bonds is 7. The average Bonchev–Trinajstić information content (AvgIpc) is 2.73. The van der Waals surface area contributed by atoms with Crippen molar-refractivity contribution in [2.75, 3.05) is 32.7 Å². The Balaban J connectivity index is 1.57. The Hall–Kier alpha value is -2.93. The third kappa shape index (κ3) is 6.03. The molecule has 6 nitrogen and oxygen atoms in total. The fourth-order valence-corrected chi connectivity index (χ4v) is 3.36. The summed E-state index contributed by atoms with van der Waals surface area (Å²) in [7, 11) is 0. The van der Waals surface area contributed by atoms with Crippen molar-refractivity contribution in [3.05, 3.63) is 65.5 Å². The number of halogens is 1. The minimum absolute atomic E-state index is 0.00400. The van der Waals surface area contributed by atoms with E-state index >= 15 is 0 Å². The molecule has 0 radical (unpaired) electrons. The first-order chi connectivity index (χ1) is 14.4. The summed E-state index contributed by atoms with van der Waals surface area (Å²) in [6.07, 6.45) is 0. The van der Waals surface area contributed by atoms with Crippen LogP contribution in [0.25, 0.3) is 0 Å². The maximum atomic E-state index is 13.1. The minimum Gasteiger partial charge on any atom is -0.488 e. The summed E-state index contributed by atoms with van der Waals surface area (Å²) in [5, 5.41) is 2.89. The lowest BCUT2D eigenvalue weighted by Gasteiger charge is -2.34. The molecule has 2 aromatic carbocycles. The van der Waals surface area contributed by atoms with Crippen LogP contribution in [0, 0.1) is 5.82 Å². The van der Waals surface area contributed by atoms with E-state index in [1.807, 2.05) is 26.0 Å². The normalized spacial score (nSPS) is 14.6. The van der Waals surface area contributed by atoms with E-state index in [2.05, 4.69) is 10.2 Å². The van der Waals surface area contributed by atoms with Gasteiger partial charge in [0.2, 0.25) is 5.91 Å². The van der Waals surface area contributed by atoms with E-state index in [0.717, 1.165) is 5.56 Å². The number of carbonyl (C=O) groups is 2. The Morgan fingerprint density at radius 3 is 2.37 bits per heavy atom. The molecule has 1 N–H and O–H groups in total. The van der Waals surface area contributed by atoms with Gasteiger partial charge < -0.3 is 15.0 Å². The first kappa shape index (κ1) is 21.8. The third-order valence-corrected chi connectivity index (χ3v) is 4.90. The quantitative estimate of drug-likeness (QED) is 0.758. The molecule has 1 aliphatic heterocycles. The zero-order valence-corrected chi connectivity index (χ0v) is 17.4. The second-order valence-electron chi connectivity index (χ2n) is 7.70. The van der Waals surface area contributed by atoms with E-state index in [-0.39, 0.29) is 30.3 Å². The second-order valence-corrected chi connectivity index (χ2v) is 7.70. The fourth-order valence-electron chi connectivity index (χ4n) is 3.36. The van der Waals surface area contributed by atoms with E-state index in [9.17, 15) is 14.0 Å². The van der Waals surface area contributed by atoms with Gasteiger partial charge in [-0.2, -0.15) is 0 Å². The predicted molar refractivity (Wildman–Crippen MR) is 113 cm³/mol. The summed E-state index contributed by atoms with van der Waals surface area (Å²) >= 11 is 0. The van der Waals surface area contributed by atoms with Gasteiger partial charge in [-0.05, 0) is 43.7 Å². The van der Waals surface area contributed by atoms with Crippen LogP contribution in [0.3, 0.4) is 0 Å². The summed E-state index contributed by atoms with van der Waals surface area (Å²) in [5.74, 6) is 0.126. The van der Waals surface area contributed by atoms with Crippen molar-refractivity contribution in [1.29, 1.82) is 0 Å². The van der Waals surface area contributed by atoms with E-state index < -0.39 is 0 Å². The van der Waals surface area contributed by atoms with Crippen LogP contribution in [0.5, 0.6) is 5.75 Å². The highest BCUT2D eigenvalue weighted by molar-refractivity contribution is 5.97. The first-order valence-electron chi connectivity index (χ1n) is 10.2.